The van der Waals surface area contributed by atoms with E-state index in [1.807, 2.05) is 18.7 Å². The van der Waals surface area contributed by atoms with E-state index in [1.165, 1.54) is 31.6 Å². The fraction of sp³-hybridized carbons (Fsp3) is 0.727. The maximum Gasteiger partial charge on any atom is 0.0945 e. The molecule has 15 heavy (non-hydrogen) atoms. The van der Waals surface area contributed by atoms with Crippen LogP contribution in [0.2, 0.25) is 0 Å². The van der Waals surface area contributed by atoms with Crippen LogP contribution in [0.15, 0.2) is 18.7 Å². The van der Waals surface area contributed by atoms with Crippen LogP contribution in [-0.4, -0.2) is 33.6 Å². The van der Waals surface area contributed by atoms with Gasteiger partial charge in [0.05, 0.1) is 6.33 Å². The minimum atomic E-state index is 0.873. The molecule has 1 aromatic rings. The van der Waals surface area contributed by atoms with Gasteiger partial charge in [-0.05, 0) is 31.6 Å². The second kappa shape index (κ2) is 6.18. The summed E-state index contributed by atoms with van der Waals surface area (Å²) in [5.74, 6) is 1.36. The smallest absolute Gasteiger partial charge is 0.0945 e. The molecule has 1 aliphatic heterocycles. The molecule has 1 saturated heterocycles. The predicted molar refractivity (Wildman–Crippen MR) is 65.2 cm³/mol. The molecule has 1 fully saturated rings. The molecule has 0 aliphatic carbocycles. The van der Waals surface area contributed by atoms with Crippen LogP contribution in [0.25, 0.3) is 0 Å². The Kier molecular flexibility index (Phi) is 4.54. The lowest BCUT2D eigenvalue weighted by Crippen LogP contribution is -2.24. The number of imidazole rings is 1. The predicted octanol–water partition coefficient (Wildman–Crippen LogP) is 1.76. The third kappa shape index (κ3) is 3.87. The molecule has 0 saturated carbocycles. The van der Waals surface area contributed by atoms with Crippen LogP contribution in [0.1, 0.15) is 19.3 Å². The molecule has 2 heterocycles. The van der Waals surface area contributed by atoms with Gasteiger partial charge < -0.3 is 9.88 Å². The first-order valence-corrected chi connectivity index (χ1v) is 6.78. The largest absolute Gasteiger partial charge is 0.337 e. The van der Waals surface area contributed by atoms with Gasteiger partial charge in [0.25, 0.3) is 0 Å². The van der Waals surface area contributed by atoms with Crippen molar-refractivity contribution in [1.29, 1.82) is 0 Å². The van der Waals surface area contributed by atoms with Crippen LogP contribution < -0.4 is 5.32 Å². The van der Waals surface area contributed by atoms with Crippen LogP contribution in [-0.2, 0) is 6.54 Å². The number of aryl methyl sites for hydroxylation is 1. The van der Waals surface area contributed by atoms with Gasteiger partial charge in [0.15, 0.2) is 0 Å². The summed E-state index contributed by atoms with van der Waals surface area (Å²) in [4.78, 5) is 4.02. The summed E-state index contributed by atoms with van der Waals surface area (Å²) in [5.41, 5.74) is 0. The number of hydrogen-bond donors (Lipinski definition) is 1. The van der Waals surface area contributed by atoms with Crippen molar-refractivity contribution in [1.82, 2.24) is 14.9 Å². The highest BCUT2D eigenvalue weighted by molar-refractivity contribution is 8.00. The van der Waals surface area contributed by atoms with E-state index in [-0.39, 0.29) is 0 Å². The third-order valence-electron chi connectivity index (χ3n) is 2.73. The molecule has 1 aromatic heterocycles. The summed E-state index contributed by atoms with van der Waals surface area (Å²) < 4.78 is 2.13. The van der Waals surface area contributed by atoms with Crippen molar-refractivity contribution in [3.63, 3.8) is 0 Å². The molecule has 0 amide bonds. The molecular formula is C11H19N3S. The monoisotopic (exact) mass is 225 g/mol. The minimum absolute atomic E-state index is 0.873. The van der Waals surface area contributed by atoms with Crippen molar-refractivity contribution in [2.75, 3.05) is 18.8 Å². The van der Waals surface area contributed by atoms with Gasteiger partial charge in [-0.1, -0.05) is 0 Å². The summed E-state index contributed by atoms with van der Waals surface area (Å²) in [6.45, 7) is 3.38. The van der Waals surface area contributed by atoms with Crippen molar-refractivity contribution in [3.8, 4) is 0 Å². The van der Waals surface area contributed by atoms with E-state index in [2.05, 4.69) is 26.6 Å². The van der Waals surface area contributed by atoms with Gasteiger partial charge in [0.2, 0.25) is 0 Å². The van der Waals surface area contributed by atoms with Crippen LogP contribution in [0.5, 0.6) is 0 Å². The standard InChI is InChI=1S/C11H19N3S/c1-3-11(15-8-1)9-12-4-2-6-14-7-5-13-10-14/h5,7,10-12H,1-4,6,8-9H2. The SMILES string of the molecule is c1cn(CCCNCC2CCCS2)cn1. The fourth-order valence-electron chi connectivity index (χ4n) is 1.87. The fourth-order valence-corrected chi connectivity index (χ4v) is 3.11. The first kappa shape index (κ1) is 11.0. The number of nitrogens with one attached hydrogen (secondary N) is 1. The van der Waals surface area contributed by atoms with Crippen LogP contribution in [0.4, 0.5) is 0 Å². The van der Waals surface area contributed by atoms with E-state index >= 15 is 0 Å². The van der Waals surface area contributed by atoms with Crippen molar-refractivity contribution >= 4 is 11.8 Å². The number of nitrogens with zero attached hydrogens (tertiary/aromatic N) is 2. The van der Waals surface area contributed by atoms with Gasteiger partial charge in [0.1, 0.15) is 0 Å². The number of rotatable bonds is 6. The summed E-state index contributed by atoms with van der Waals surface area (Å²) in [5, 5.41) is 4.41. The van der Waals surface area contributed by atoms with Crippen LogP contribution in [0, 0.1) is 0 Å². The van der Waals surface area contributed by atoms with Crippen LogP contribution in [0.3, 0.4) is 0 Å². The molecule has 1 atom stereocenters. The lowest BCUT2D eigenvalue weighted by molar-refractivity contribution is 0.571. The topological polar surface area (TPSA) is 29.9 Å². The molecular weight excluding hydrogens is 206 g/mol. The van der Waals surface area contributed by atoms with Gasteiger partial charge in [-0.2, -0.15) is 11.8 Å². The molecule has 1 aliphatic rings. The van der Waals surface area contributed by atoms with Gasteiger partial charge in [0, 0.05) is 30.7 Å². The average molecular weight is 225 g/mol. The lowest BCUT2D eigenvalue weighted by Gasteiger charge is -2.09. The Morgan fingerprint density at radius 1 is 1.53 bits per heavy atom. The number of thioether (sulfide) groups is 1. The van der Waals surface area contributed by atoms with Gasteiger partial charge >= 0.3 is 0 Å². The second-order valence-electron chi connectivity index (χ2n) is 3.99. The maximum absolute atomic E-state index is 4.02. The molecule has 0 spiro atoms. The van der Waals surface area contributed by atoms with Crippen LogP contribution >= 0.6 is 11.8 Å². The summed E-state index contributed by atoms with van der Waals surface area (Å²) >= 11 is 2.12. The van der Waals surface area contributed by atoms with Gasteiger partial charge in [-0.15, -0.1) is 0 Å². The number of hydrogen-bond acceptors (Lipinski definition) is 3. The summed E-state index contributed by atoms with van der Waals surface area (Å²) in [6.07, 6.45) is 9.74. The molecule has 4 heteroatoms. The van der Waals surface area contributed by atoms with E-state index in [0.717, 1.165) is 18.3 Å². The molecule has 0 bridgehead atoms. The Balaban J connectivity index is 1.48. The zero-order chi connectivity index (χ0) is 10.3. The highest BCUT2D eigenvalue weighted by atomic mass is 32.2. The first-order chi connectivity index (χ1) is 7.45. The highest BCUT2D eigenvalue weighted by Crippen LogP contribution is 2.25. The van der Waals surface area contributed by atoms with Crippen molar-refractivity contribution in [2.45, 2.75) is 31.1 Å². The molecule has 0 aromatic carbocycles. The molecule has 1 N–H and O–H groups in total. The van der Waals surface area contributed by atoms with Crippen molar-refractivity contribution in [2.24, 2.45) is 0 Å². The molecule has 84 valence electrons. The molecule has 3 nitrogen and oxygen atoms in total. The molecule has 0 radical (unpaired) electrons. The summed E-state index contributed by atoms with van der Waals surface area (Å²) in [7, 11) is 0. The highest BCUT2D eigenvalue weighted by Gasteiger charge is 2.14. The first-order valence-electron chi connectivity index (χ1n) is 5.73. The van der Waals surface area contributed by atoms with E-state index in [1.54, 1.807) is 0 Å². The van der Waals surface area contributed by atoms with Gasteiger partial charge in [-0.3, -0.25) is 0 Å². The zero-order valence-corrected chi connectivity index (χ0v) is 9.88. The minimum Gasteiger partial charge on any atom is -0.337 e. The maximum atomic E-state index is 4.02. The molecule has 1 unspecified atom stereocenters. The van der Waals surface area contributed by atoms with E-state index < -0.39 is 0 Å². The Morgan fingerprint density at radius 3 is 3.27 bits per heavy atom. The van der Waals surface area contributed by atoms with E-state index in [9.17, 15) is 0 Å². The quantitative estimate of drug-likeness (QED) is 0.748. The van der Waals surface area contributed by atoms with E-state index in [0.29, 0.717) is 0 Å². The zero-order valence-electron chi connectivity index (χ0n) is 9.06. The Labute approximate surface area is 95.7 Å². The lowest BCUT2D eigenvalue weighted by atomic mass is 10.2. The average Bonchev–Trinajstić information content (AvgIpc) is 2.88. The molecule has 2 rings (SSSR count). The van der Waals surface area contributed by atoms with E-state index in [4.69, 9.17) is 0 Å². The Hall–Kier alpha value is -0.480. The third-order valence-corrected chi connectivity index (χ3v) is 4.12. The van der Waals surface area contributed by atoms with Gasteiger partial charge in [-0.25, -0.2) is 4.98 Å². The Morgan fingerprint density at radius 2 is 2.53 bits per heavy atom. The van der Waals surface area contributed by atoms with Crippen molar-refractivity contribution in [3.05, 3.63) is 18.7 Å². The second-order valence-corrected chi connectivity index (χ2v) is 5.40. The summed E-state index contributed by atoms with van der Waals surface area (Å²) in [6, 6.07) is 0. The Bertz CT molecular complexity index is 255. The number of aromatic nitrogens is 2. The van der Waals surface area contributed by atoms with Crippen molar-refractivity contribution < 1.29 is 0 Å². The normalized spacial score (nSPS) is 20.9.